The molecule has 214 valence electrons. The molecule has 2 fully saturated rings. The number of alkyl halides is 4. The summed E-state index contributed by atoms with van der Waals surface area (Å²) < 4.78 is 48.9. The van der Waals surface area contributed by atoms with Crippen molar-refractivity contribution >= 4 is 23.0 Å². The molecule has 1 aliphatic heterocycles. The third-order valence-corrected chi connectivity index (χ3v) is 6.44. The van der Waals surface area contributed by atoms with E-state index < -0.39 is 18.3 Å². The standard InChI is InChI=1S/C16H18N8.C7H13F2N.C3H6F2/c1-9-12(22-18-2)5-6-13(19-9)11-7-8-24-14(11)15(20-10-3-4-10)21-16(17)23-24;1-6-3-4-10(2)5-7(6,8)9;1-2-3(4)5/h5-8,10H,3-4H2,1-2H3,(H3,17,20,21,23);6H,3-5H2,1-2H3;3H,2H2,1H3. The van der Waals surface area contributed by atoms with Crippen molar-refractivity contribution in [3.05, 3.63) is 30.1 Å². The Balaban J connectivity index is 0.000000232. The van der Waals surface area contributed by atoms with Gasteiger partial charge in [-0.2, -0.15) is 15.2 Å². The number of halogens is 4. The number of aryl methyl sites for hydroxylation is 1. The maximum atomic E-state index is 12.8. The van der Waals surface area contributed by atoms with Gasteiger partial charge in [0.15, 0.2) is 5.82 Å². The van der Waals surface area contributed by atoms with E-state index in [2.05, 4.69) is 30.6 Å². The topological polar surface area (TPSA) is 109 Å². The van der Waals surface area contributed by atoms with Gasteiger partial charge in [0, 0.05) is 37.2 Å². The first-order valence-corrected chi connectivity index (χ1v) is 13.0. The van der Waals surface area contributed by atoms with Crippen molar-refractivity contribution in [3.63, 3.8) is 0 Å². The molecule has 1 unspecified atom stereocenters. The second-order valence-electron chi connectivity index (χ2n) is 9.85. The van der Waals surface area contributed by atoms with Crippen molar-refractivity contribution in [2.75, 3.05) is 38.2 Å². The Morgan fingerprint density at radius 3 is 2.41 bits per heavy atom. The van der Waals surface area contributed by atoms with Crippen LogP contribution in [0.3, 0.4) is 0 Å². The number of likely N-dealkylation sites (tertiary alicyclic amines) is 1. The molecular weight excluding hydrogens is 514 g/mol. The van der Waals surface area contributed by atoms with Crippen LogP contribution in [0.15, 0.2) is 34.6 Å². The number of pyridine rings is 1. The molecule has 3 aromatic heterocycles. The number of anilines is 2. The van der Waals surface area contributed by atoms with E-state index >= 15 is 0 Å². The van der Waals surface area contributed by atoms with Gasteiger partial charge in [-0.05, 0) is 58.0 Å². The first kappa shape index (κ1) is 30.2. The van der Waals surface area contributed by atoms with E-state index in [1.54, 1.807) is 30.4 Å². The molecule has 0 amide bonds. The van der Waals surface area contributed by atoms with Gasteiger partial charge in [0.2, 0.25) is 12.4 Å². The fourth-order valence-electron chi connectivity index (χ4n) is 3.91. The smallest absolute Gasteiger partial charge is 0.263 e. The Morgan fingerprint density at radius 2 is 1.87 bits per heavy atom. The number of aromatic nitrogens is 4. The number of hydrogen-bond donors (Lipinski definition) is 2. The lowest BCUT2D eigenvalue weighted by atomic mass is 9.95. The first-order chi connectivity index (χ1) is 18.4. The molecule has 1 saturated carbocycles. The molecule has 3 N–H and O–H groups in total. The monoisotopic (exact) mass is 551 g/mol. The van der Waals surface area contributed by atoms with Gasteiger partial charge in [0.25, 0.3) is 5.92 Å². The summed E-state index contributed by atoms with van der Waals surface area (Å²) >= 11 is 0. The number of nitrogens with one attached hydrogen (secondary N) is 1. The summed E-state index contributed by atoms with van der Waals surface area (Å²) in [7, 11) is 3.38. The summed E-state index contributed by atoms with van der Waals surface area (Å²) in [4.78, 5) is 10.7. The summed E-state index contributed by atoms with van der Waals surface area (Å²) in [5.74, 6) is -1.91. The third kappa shape index (κ3) is 8.32. The molecule has 4 heterocycles. The van der Waals surface area contributed by atoms with E-state index in [1.807, 2.05) is 31.3 Å². The number of azo groups is 1. The number of nitrogens with two attached hydrogens (primary N) is 1. The van der Waals surface area contributed by atoms with E-state index in [1.165, 1.54) is 6.92 Å². The average molecular weight is 552 g/mol. The summed E-state index contributed by atoms with van der Waals surface area (Å²) in [6, 6.07) is 6.29. The fourth-order valence-corrected chi connectivity index (χ4v) is 3.91. The summed E-state index contributed by atoms with van der Waals surface area (Å²) in [6.45, 7) is 5.71. The van der Waals surface area contributed by atoms with E-state index in [9.17, 15) is 17.6 Å². The number of nitrogen functional groups attached to an aromatic ring is 1. The van der Waals surface area contributed by atoms with Gasteiger partial charge in [-0.25, -0.2) is 22.1 Å². The largest absolute Gasteiger partial charge is 0.366 e. The molecule has 0 bridgehead atoms. The van der Waals surface area contributed by atoms with E-state index in [0.29, 0.717) is 12.5 Å². The van der Waals surface area contributed by atoms with Crippen molar-refractivity contribution in [3.8, 4) is 11.3 Å². The highest BCUT2D eigenvalue weighted by Crippen LogP contribution is 2.33. The van der Waals surface area contributed by atoms with Crippen LogP contribution in [0.25, 0.3) is 16.8 Å². The molecular formula is C26H37F4N9. The second-order valence-corrected chi connectivity index (χ2v) is 9.85. The minimum Gasteiger partial charge on any atom is -0.366 e. The van der Waals surface area contributed by atoms with Crippen LogP contribution in [-0.2, 0) is 0 Å². The minimum atomic E-state index is -2.47. The van der Waals surface area contributed by atoms with E-state index in [-0.39, 0.29) is 18.9 Å². The van der Waals surface area contributed by atoms with Gasteiger partial charge in [0.05, 0.1) is 17.9 Å². The molecule has 0 aromatic carbocycles. The zero-order valence-electron chi connectivity index (χ0n) is 23.0. The van der Waals surface area contributed by atoms with Crippen LogP contribution >= 0.6 is 0 Å². The molecule has 1 aliphatic carbocycles. The predicted octanol–water partition coefficient (Wildman–Crippen LogP) is 6.22. The van der Waals surface area contributed by atoms with Gasteiger partial charge < -0.3 is 16.0 Å². The Morgan fingerprint density at radius 1 is 1.18 bits per heavy atom. The lowest BCUT2D eigenvalue weighted by molar-refractivity contribution is -0.0985. The SMILES string of the molecule is CC1CCN(C)CC1(F)F.CCC(F)F.CN=Nc1ccc(-c2ccn3nc(N)nc(NC4CC4)c23)nc1C. The maximum Gasteiger partial charge on any atom is 0.263 e. The van der Waals surface area contributed by atoms with Gasteiger partial charge in [0.1, 0.15) is 11.2 Å². The second kappa shape index (κ2) is 13.1. The van der Waals surface area contributed by atoms with Gasteiger partial charge in [-0.3, -0.25) is 4.98 Å². The van der Waals surface area contributed by atoms with Crippen molar-refractivity contribution in [1.29, 1.82) is 0 Å². The number of fused-ring (bicyclic) bond motifs is 1. The molecule has 0 spiro atoms. The van der Waals surface area contributed by atoms with Crippen molar-refractivity contribution in [1.82, 2.24) is 24.5 Å². The van der Waals surface area contributed by atoms with Crippen molar-refractivity contribution in [2.24, 2.45) is 16.1 Å². The highest BCUT2D eigenvalue weighted by Gasteiger charge is 2.40. The molecule has 2 aliphatic rings. The lowest BCUT2D eigenvalue weighted by Gasteiger charge is -2.34. The third-order valence-electron chi connectivity index (χ3n) is 6.44. The van der Waals surface area contributed by atoms with Crippen LogP contribution < -0.4 is 11.1 Å². The summed E-state index contributed by atoms with van der Waals surface area (Å²) in [5, 5.41) is 15.6. The van der Waals surface area contributed by atoms with Crippen LogP contribution in [0.4, 0.5) is 35.0 Å². The van der Waals surface area contributed by atoms with Crippen molar-refractivity contribution in [2.45, 2.75) is 64.8 Å². The zero-order valence-corrected chi connectivity index (χ0v) is 23.0. The van der Waals surface area contributed by atoms with Crippen LogP contribution in [-0.4, -0.2) is 70.1 Å². The minimum absolute atomic E-state index is 0.0278. The van der Waals surface area contributed by atoms with E-state index in [0.717, 1.165) is 53.4 Å². The molecule has 3 aromatic rings. The fraction of sp³-hybridized carbons (Fsp3) is 0.577. The average Bonchev–Trinajstić information content (AvgIpc) is 3.59. The number of hydrogen-bond acceptors (Lipinski definition) is 8. The first-order valence-electron chi connectivity index (χ1n) is 13.0. The predicted molar refractivity (Wildman–Crippen MR) is 145 cm³/mol. The lowest BCUT2D eigenvalue weighted by Crippen LogP contribution is -2.45. The van der Waals surface area contributed by atoms with Gasteiger partial charge in [-0.1, -0.05) is 13.8 Å². The van der Waals surface area contributed by atoms with Gasteiger partial charge >= 0.3 is 0 Å². The maximum absolute atomic E-state index is 12.8. The molecule has 39 heavy (non-hydrogen) atoms. The van der Waals surface area contributed by atoms with Crippen LogP contribution in [0.2, 0.25) is 0 Å². The van der Waals surface area contributed by atoms with Crippen LogP contribution in [0.1, 0.15) is 45.2 Å². The normalized spacial score (nSPS) is 19.0. The Hall–Kier alpha value is -3.35. The Bertz CT molecular complexity index is 1260. The van der Waals surface area contributed by atoms with Crippen molar-refractivity contribution < 1.29 is 17.6 Å². The number of nitrogens with zero attached hydrogens (tertiary/aromatic N) is 7. The molecule has 5 rings (SSSR count). The Kier molecular flexibility index (Phi) is 10.2. The number of rotatable bonds is 5. The number of piperidine rings is 1. The molecule has 1 atom stereocenters. The van der Waals surface area contributed by atoms with E-state index in [4.69, 9.17) is 5.73 Å². The summed E-state index contributed by atoms with van der Waals surface area (Å²) in [6.07, 6.45) is 2.65. The molecule has 1 saturated heterocycles. The van der Waals surface area contributed by atoms with Crippen LogP contribution in [0, 0.1) is 12.8 Å². The summed E-state index contributed by atoms with van der Waals surface area (Å²) in [5.41, 5.74) is 10.1. The highest BCUT2D eigenvalue weighted by molar-refractivity contribution is 5.88. The molecule has 9 nitrogen and oxygen atoms in total. The Labute approximate surface area is 225 Å². The molecule has 0 radical (unpaired) electrons. The quantitative estimate of drug-likeness (QED) is 0.288. The van der Waals surface area contributed by atoms with Crippen LogP contribution in [0.5, 0.6) is 0 Å². The highest BCUT2D eigenvalue weighted by atomic mass is 19.3. The zero-order chi connectivity index (χ0) is 28.7. The van der Waals surface area contributed by atoms with Gasteiger partial charge in [-0.15, -0.1) is 5.10 Å². The molecule has 13 heteroatoms.